The Morgan fingerprint density at radius 3 is 2.95 bits per heavy atom. The lowest BCUT2D eigenvalue weighted by atomic mass is 10.1. The van der Waals surface area contributed by atoms with Gasteiger partial charge < -0.3 is 25.4 Å². The third-order valence-corrected chi connectivity index (χ3v) is 2.93. The minimum Gasteiger partial charge on any atom is -0.383 e. The van der Waals surface area contributed by atoms with E-state index in [2.05, 4.69) is 5.32 Å². The Morgan fingerprint density at radius 1 is 1.58 bits per heavy atom. The predicted molar refractivity (Wildman–Crippen MR) is 69.5 cm³/mol. The molecule has 1 aliphatic rings. The molecule has 0 aromatic rings. The normalized spacial score (nSPS) is 21.0. The maximum atomic E-state index is 12.2. The number of ether oxygens (including phenoxy) is 2. The minimum absolute atomic E-state index is 0.138. The highest BCUT2D eigenvalue weighted by Gasteiger charge is 2.34. The Morgan fingerprint density at radius 2 is 2.32 bits per heavy atom. The van der Waals surface area contributed by atoms with Gasteiger partial charge in [-0.3, -0.25) is 9.59 Å². The molecule has 3 N–H and O–H groups in total. The van der Waals surface area contributed by atoms with Crippen LogP contribution in [-0.4, -0.2) is 68.8 Å². The van der Waals surface area contributed by atoms with Crippen molar-refractivity contribution in [1.29, 1.82) is 0 Å². The van der Waals surface area contributed by atoms with Gasteiger partial charge >= 0.3 is 0 Å². The van der Waals surface area contributed by atoms with Crippen LogP contribution >= 0.6 is 0 Å². The van der Waals surface area contributed by atoms with E-state index in [1.54, 1.807) is 0 Å². The molecule has 0 saturated carbocycles. The Kier molecular flexibility index (Phi) is 6.75. The van der Waals surface area contributed by atoms with Crippen molar-refractivity contribution in [2.24, 2.45) is 5.73 Å². The first kappa shape index (κ1) is 15.9. The van der Waals surface area contributed by atoms with Crippen molar-refractivity contribution in [1.82, 2.24) is 10.2 Å². The molecular formula is C12H23N3O4. The average molecular weight is 273 g/mol. The zero-order valence-corrected chi connectivity index (χ0v) is 11.6. The fourth-order valence-corrected chi connectivity index (χ4v) is 1.91. The van der Waals surface area contributed by atoms with E-state index in [1.807, 2.05) is 6.92 Å². The van der Waals surface area contributed by atoms with Gasteiger partial charge in [0, 0.05) is 20.2 Å². The minimum atomic E-state index is -0.746. The predicted octanol–water partition coefficient (Wildman–Crippen LogP) is -1.29. The van der Waals surface area contributed by atoms with E-state index >= 15 is 0 Å². The lowest BCUT2D eigenvalue weighted by Crippen LogP contribution is -2.59. The number of carbonyl (C=O) groups is 2. The van der Waals surface area contributed by atoms with Gasteiger partial charge in [-0.1, -0.05) is 6.92 Å². The number of methoxy groups -OCH3 is 1. The topological polar surface area (TPSA) is 93.9 Å². The summed E-state index contributed by atoms with van der Waals surface area (Å²) in [5.41, 5.74) is 5.73. The number of nitrogens with two attached hydrogens (primary N) is 1. The van der Waals surface area contributed by atoms with Crippen molar-refractivity contribution in [2.75, 3.05) is 40.0 Å². The molecule has 0 bridgehead atoms. The fraction of sp³-hybridized carbons (Fsp3) is 0.833. The maximum absolute atomic E-state index is 12.2. The van der Waals surface area contributed by atoms with Crippen molar-refractivity contribution >= 4 is 11.8 Å². The van der Waals surface area contributed by atoms with E-state index in [0.29, 0.717) is 19.7 Å². The first-order valence-corrected chi connectivity index (χ1v) is 6.52. The quantitative estimate of drug-likeness (QED) is 0.628. The first-order chi connectivity index (χ1) is 9.11. The number of morpholine rings is 1. The van der Waals surface area contributed by atoms with E-state index in [0.717, 1.165) is 6.42 Å². The molecule has 1 aliphatic heterocycles. The molecule has 7 nitrogen and oxygen atoms in total. The van der Waals surface area contributed by atoms with E-state index in [-0.39, 0.29) is 25.0 Å². The number of rotatable bonds is 6. The zero-order chi connectivity index (χ0) is 14.3. The molecule has 2 unspecified atom stereocenters. The summed E-state index contributed by atoms with van der Waals surface area (Å²) < 4.78 is 10.1. The van der Waals surface area contributed by atoms with Crippen LogP contribution in [-0.2, 0) is 19.1 Å². The molecule has 110 valence electrons. The van der Waals surface area contributed by atoms with E-state index in [4.69, 9.17) is 15.2 Å². The Balaban J connectivity index is 2.66. The third kappa shape index (κ3) is 4.45. The maximum Gasteiger partial charge on any atom is 0.245 e. The van der Waals surface area contributed by atoms with Gasteiger partial charge in [-0.2, -0.15) is 0 Å². The Bertz CT molecular complexity index is 311. The van der Waals surface area contributed by atoms with E-state index < -0.39 is 12.1 Å². The summed E-state index contributed by atoms with van der Waals surface area (Å²) in [7, 11) is 1.48. The highest BCUT2D eigenvalue weighted by atomic mass is 16.5. The van der Waals surface area contributed by atoms with Gasteiger partial charge in [-0.25, -0.2) is 0 Å². The summed E-state index contributed by atoms with van der Waals surface area (Å²) in [4.78, 5) is 25.6. The Labute approximate surface area is 113 Å². The van der Waals surface area contributed by atoms with E-state index in [1.165, 1.54) is 12.0 Å². The standard InChI is InChI=1S/C12H23N3O4/c1-3-4-14-11(16)10-8-19-6-5-15(10)12(17)9(13)7-18-2/h9-10H,3-8,13H2,1-2H3,(H,14,16). The van der Waals surface area contributed by atoms with Crippen molar-refractivity contribution in [3.8, 4) is 0 Å². The molecule has 0 aliphatic carbocycles. The second kappa shape index (κ2) is 8.08. The molecule has 0 aromatic carbocycles. The van der Waals surface area contributed by atoms with Crippen LogP contribution in [0.15, 0.2) is 0 Å². The molecule has 1 fully saturated rings. The number of nitrogens with one attached hydrogen (secondary N) is 1. The molecule has 0 spiro atoms. The van der Waals surface area contributed by atoms with Gasteiger partial charge in [0.05, 0.1) is 19.8 Å². The number of nitrogens with zero attached hydrogens (tertiary/aromatic N) is 1. The van der Waals surface area contributed by atoms with Gasteiger partial charge in [0.25, 0.3) is 0 Å². The molecule has 2 atom stereocenters. The summed E-state index contributed by atoms with van der Waals surface area (Å²) >= 11 is 0. The van der Waals surface area contributed by atoms with Crippen molar-refractivity contribution in [3.63, 3.8) is 0 Å². The van der Waals surface area contributed by atoms with Crippen LogP contribution in [0, 0.1) is 0 Å². The largest absolute Gasteiger partial charge is 0.383 e. The molecule has 7 heteroatoms. The van der Waals surface area contributed by atoms with Gasteiger partial charge in [-0.15, -0.1) is 0 Å². The number of hydrogen-bond donors (Lipinski definition) is 2. The molecule has 0 radical (unpaired) electrons. The van der Waals surface area contributed by atoms with Gasteiger partial charge in [-0.05, 0) is 6.42 Å². The Hall–Kier alpha value is -1.18. The number of carbonyl (C=O) groups excluding carboxylic acids is 2. The van der Waals surface area contributed by atoms with Crippen LogP contribution in [0.4, 0.5) is 0 Å². The SMILES string of the molecule is CCCNC(=O)C1COCCN1C(=O)C(N)COC. The van der Waals surface area contributed by atoms with Gasteiger partial charge in [0.15, 0.2) is 0 Å². The first-order valence-electron chi connectivity index (χ1n) is 6.52. The van der Waals surface area contributed by atoms with Crippen LogP contribution in [0.5, 0.6) is 0 Å². The zero-order valence-electron chi connectivity index (χ0n) is 11.6. The number of amides is 2. The highest BCUT2D eigenvalue weighted by molar-refractivity contribution is 5.90. The number of hydrogen-bond acceptors (Lipinski definition) is 5. The van der Waals surface area contributed by atoms with E-state index in [9.17, 15) is 9.59 Å². The molecular weight excluding hydrogens is 250 g/mol. The van der Waals surface area contributed by atoms with Crippen molar-refractivity contribution in [3.05, 3.63) is 0 Å². The molecule has 2 amide bonds. The summed E-state index contributed by atoms with van der Waals surface area (Å²) in [5, 5.41) is 2.77. The van der Waals surface area contributed by atoms with Gasteiger partial charge in [0.1, 0.15) is 12.1 Å². The molecule has 19 heavy (non-hydrogen) atoms. The molecule has 1 heterocycles. The highest BCUT2D eigenvalue weighted by Crippen LogP contribution is 2.09. The van der Waals surface area contributed by atoms with Crippen LogP contribution in [0.25, 0.3) is 0 Å². The summed E-state index contributed by atoms with van der Waals surface area (Å²) in [5.74, 6) is -0.471. The van der Waals surface area contributed by atoms with Crippen molar-refractivity contribution < 1.29 is 19.1 Å². The summed E-state index contributed by atoms with van der Waals surface area (Å²) in [6.45, 7) is 3.69. The molecule has 0 aromatic heterocycles. The third-order valence-electron chi connectivity index (χ3n) is 2.93. The second-order valence-electron chi connectivity index (χ2n) is 4.48. The summed E-state index contributed by atoms with van der Waals surface area (Å²) in [6, 6.07) is -1.35. The molecule has 1 rings (SSSR count). The molecule has 1 saturated heterocycles. The fourth-order valence-electron chi connectivity index (χ4n) is 1.91. The van der Waals surface area contributed by atoms with Crippen LogP contribution in [0.2, 0.25) is 0 Å². The van der Waals surface area contributed by atoms with Crippen LogP contribution in [0.1, 0.15) is 13.3 Å². The monoisotopic (exact) mass is 273 g/mol. The van der Waals surface area contributed by atoms with Gasteiger partial charge in [0.2, 0.25) is 11.8 Å². The summed E-state index contributed by atoms with van der Waals surface area (Å²) in [6.07, 6.45) is 0.844. The smallest absolute Gasteiger partial charge is 0.245 e. The lowest BCUT2D eigenvalue weighted by molar-refractivity contribution is -0.150. The van der Waals surface area contributed by atoms with Crippen LogP contribution < -0.4 is 11.1 Å². The lowest BCUT2D eigenvalue weighted by Gasteiger charge is -2.35. The average Bonchev–Trinajstić information content (AvgIpc) is 2.44. The van der Waals surface area contributed by atoms with Crippen molar-refractivity contribution in [2.45, 2.75) is 25.4 Å². The second-order valence-corrected chi connectivity index (χ2v) is 4.48. The van der Waals surface area contributed by atoms with Crippen LogP contribution in [0.3, 0.4) is 0 Å².